The molecule has 2 saturated heterocycles. The zero-order valence-corrected chi connectivity index (χ0v) is 14.8. The van der Waals surface area contributed by atoms with E-state index in [0.29, 0.717) is 19.0 Å². The average Bonchev–Trinajstić information content (AvgIpc) is 2.62. The first-order valence-corrected chi connectivity index (χ1v) is 9.03. The third kappa shape index (κ3) is 4.57. The van der Waals surface area contributed by atoms with Crippen LogP contribution in [-0.4, -0.2) is 73.4 Å². The fraction of sp³-hybridized carbons (Fsp3) is 0.632. The molecule has 0 unspecified atom stereocenters. The van der Waals surface area contributed by atoms with Crippen LogP contribution in [0.1, 0.15) is 22.3 Å². The van der Waals surface area contributed by atoms with Crippen molar-refractivity contribution in [3.8, 4) is 0 Å². The fourth-order valence-electron chi connectivity index (χ4n) is 3.86. The summed E-state index contributed by atoms with van der Waals surface area (Å²) in [5.74, 6) is -0.401. The van der Waals surface area contributed by atoms with Gasteiger partial charge in [0.05, 0.1) is 18.8 Å². The molecule has 2 atom stereocenters. The predicted octanol–water partition coefficient (Wildman–Crippen LogP) is 1.54. The van der Waals surface area contributed by atoms with Crippen LogP contribution in [-0.2, 0) is 4.74 Å². The number of halogens is 1. The number of rotatable bonds is 4. The van der Waals surface area contributed by atoms with Gasteiger partial charge in [0.15, 0.2) is 0 Å². The molecule has 3 rings (SSSR count). The highest BCUT2D eigenvalue weighted by atomic mass is 19.1. The van der Waals surface area contributed by atoms with Crippen molar-refractivity contribution in [2.24, 2.45) is 11.8 Å². The summed E-state index contributed by atoms with van der Waals surface area (Å²) < 4.78 is 19.6. The highest BCUT2D eigenvalue weighted by Crippen LogP contribution is 2.25. The Morgan fingerprint density at radius 2 is 2.00 bits per heavy atom. The van der Waals surface area contributed by atoms with E-state index in [-0.39, 0.29) is 24.0 Å². The standard InChI is InChI=1S/C19H27FN2O3/c1-14-2-3-17(18(20)8-14)19(24)22-11-15(9-16(12-22)13-23)10-21-4-6-25-7-5-21/h2-3,8,15-16,23H,4-7,9-13H2,1H3/t15-,16-/m1/s1. The van der Waals surface area contributed by atoms with Crippen LogP contribution in [0, 0.1) is 24.6 Å². The number of nitrogens with zero attached hydrogens (tertiary/aromatic N) is 2. The number of amides is 1. The van der Waals surface area contributed by atoms with Gasteiger partial charge in [-0.25, -0.2) is 4.39 Å². The summed E-state index contributed by atoms with van der Waals surface area (Å²) in [6.45, 7) is 7.14. The molecule has 2 aliphatic rings. The smallest absolute Gasteiger partial charge is 0.256 e. The number of aryl methyl sites for hydroxylation is 1. The van der Waals surface area contributed by atoms with Gasteiger partial charge in [0.1, 0.15) is 5.82 Å². The van der Waals surface area contributed by atoms with Crippen molar-refractivity contribution in [3.05, 3.63) is 35.1 Å². The van der Waals surface area contributed by atoms with Crippen LogP contribution in [0.3, 0.4) is 0 Å². The molecule has 6 heteroatoms. The zero-order valence-electron chi connectivity index (χ0n) is 14.8. The lowest BCUT2D eigenvalue weighted by Crippen LogP contribution is -2.49. The van der Waals surface area contributed by atoms with Crippen LogP contribution in [0.25, 0.3) is 0 Å². The first kappa shape index (κ1) is 18.3. The molecule has 0 aliphatic carbocycles. The van der Waals surface area contributed by atoms with E-state index in [1.807, 2.05) is 0 Å². The average molecular weight is 350 g/mol. The lowest BCUT2D eigenvalue weighted by molar-refractivity contribution is 0.0129. The molecule has 2 heterocycles. The van der Waals surface area contributed by atoms with E-state index in [1.165, 1.54) is 6.07 Å². The molecule has 1 aromatic rings. The molecule has 0 bridgehead atoms. The Morgan fingerprint density at radius 3 is 2.68 bits per heavy atom. The number of likely N-dealkylation sites (tertiary alicyclic amines) is 1. The molecular weight excluding hydrogens is 323 g/mol. The molecular formula is C19H27FN2O3. The Balaban J connectivity index is 1.69. The predicted molar refractivity (Wildman–Crippen MR) is 93.0 cm³/mol. The van der Waals surface area contributed by atoms with E-state index < -0.39 is 5.82 Å². The van der Waals surface area contributed by atoms with E-state index in [4.69, 9.17) is 4.74 Å². The van der Waals surface area contributed by atoms with E-state index >= 15 is 0 Å². The van der Waals surface area contributed by atoms with Gasteiger partial charge in [-0.3, -0.25) is 9.69 Å². The van der Waals surface area contributed by atoms with Crippen molar-refractivity contribution in [2.45, 2.75) is 13.3 Å². The van der Waals surface area contributed by atoms with Gasteiger partial charge in [-0.2, -0.15) is 0 Å². The fourth-order valence-corrected chi connectivity index (χ4v) is 3.86. The van der Waals surface area contributed by atoms with E-state index in [9.17, 15) is 14.3 Å². The zero-order chi connectivity index (χ0) is 17.8. The lowest BCUT2D eigenvalue weighted by Gasteiger charge is -2.40. The van der Waals surface area contributed by atoms with Gasteiger partial charge in [-0.15, -0.1) is 0 Å². The van der Waals surface area contributed by atoms with Gasteiger partial charge >= 0.3 is 0 Å². The highest BCUT2D eigenvalue weighted by Gasteiger charge is 2.32. The molecule has 1 N–H and O–H groups in total. The van der Waals surface area contributed by atoms with E-state index in [2.05, 4.69) is 4.90 Å². The molecule has 2 aliphatic heterocycles. The summed E-state index contributed by atoms with van der Waals surface area (Å²) in [5.41, 5.74) is 0.917. The van der Waals surface area contributed by atoms with E-state index in [1.54, 1.807) is 24.0 Å². The van der Waals surface area contributed by atoms with Crippen molar-refractivity contribution < 1.29 is 19.0 Å². The lowest BCUT2D eigenvalue weighted by atomic mass is 9.88. The normalized spacial score (nSPS) is 25.2. The van der Waals surface area contributed by atoms with Crippen molar-refractivity contribution in [2.75, 3.05) is 52.5 Å². The molecule has 2 fully saturated rings. The Kier molecular flexibility index (Phi) is 6.04. The largest absolute Gasteiger partial charge is 0.396 e. The maximum absolute atomic E-state index is 14.2. The third-order valence-electron chi connectivity index (χ3n) is 5.14. The minimum Gasteiger partial charge on any atom is -0.396 e. The maximum atomic E-state index is 14.2. The van der Waals surface area contributed by atoms with Gasteiger partial charge in [0.2, 0.25) is 0 Å². The molecule has 1 amide bonds. The number of carbonyl (C=O) groups excluding carboxylic acids is 1. The topological polar surface area (TPSA) is 53.0 Å². The number of ether oxygens (including phenoxy) is 1. The second kappa shape index (κ2) is 8.25. The number of aliphatic hydroxyl groups excluding tert-OH is 1. The highest BCUT2D eigenvalue weighted by molar-refractivity contribution is 5.94. The number of hydrogen-bond acceptors (Lipinski definition) is 4. The van der Waals surface area contributed by atoms with Crippen molar-refractivity contribution >= 4 is 5.91 Å². The van der Waals surface area contributed by atoms with Crippen LogP contribution < -0.4 is 0 Å². The second-order valence-electron chi connectivity index (χ2n) is 7.26. The summed E-state index contributed by atoms with van der Waals surface area (Å²) >= 11 is 0. The number of aliphatic hydroxyl groups is 1. The van der Waals surface area contributed by atoms with Crippen LogP contribution >= 0.6 is 0 Å². The van der Waals surface area contributed by atoms with Crippen molar-refractivity contribution in [1.82, 2.24) is 9.80 Å². The molecule has 138 valence electrons. The van der Waals surface area contributed by atoms with Crippen LogP contribution in [0.5, 0.6) is 0 Å². The third-order valence-corrected chi connectivity index (χ3v) is 5.14. The van der Waals surface area contributed by atoms with Crippen LogP contribution in [0.4, 0.5) is 4.39 Å². The maximum Gasteiger partial charge on any atom is 0.256 e. The number of piperidine rings is 1. The number of morpholine rings is 1. The number of carbonyl (C=O) groups is 1. The molecule has 1 aromatic carbocycles. The Hall–Kier alpha value is -1.50. The SMILES string of the molecule is Cc1ccc(C(=O)N2C[C@H](CO)C[C@H](CN3CCOCC3)C2)c(F)c1. The Morgan fingerprint density at radius 1 is 1.28 bits per heavy atom. The summed E-state index contributed by atoms with van der Waals surface area (Å²) in [7, 11) is 0. The van der Waals surface area contributed by atoms with Gasteiger partial charge in [0.25, 0.3) is 5.91 Å². The van der Waals surface area contributed by atoms with Gasteiger partial charge < -0.3 is 14.7 Å². The molecule has 5 nitrogen and oxygen atoms in total. The van der Waals surface area contributed by atoms with Crippen molar-refractivity contribution in [1.29, 1.82) is 0 Å². The molecule has 0 radical (unpaired) electrons. The van der Waals surface area contributed by atoms with Gasteiger partial charge in [-0.05, 0) is 42.9 Å². The summed E-state index contributed by atoms with van der Waals surface area (Å²) in [6, 6.07) is 4.72. The molecule has 0 aromatic heterocycles. The molecule has 0 spiro atoms. The van der Waals surface area contributed by atoms with Gasteiger partial charge in [-0.1, -0.05) is 6.07 Å². The Bertz CT molecular complexity index is 604. The second-order valence-corrected chi connectivity index (χ2v) is 7.26. The first-order chi connectivity index (χ1) is 12.1. The summed E-state index contributed by atoms with van der Waals surface area (Å²) in [5, 5.41) is 9.63. The van der Waals surface area contributed by atoms with Crippen LogP contribution in [0.2, 0.25) is 0 Å². The van der Waals surface area contributed by atoms with E-state index in [0.717, 1.165) is 44.8 Å². The number of hydrogen-bond donors (Lipinski definition) is 1. The minimum absolute atomic E-state index is 0.0530. The first-order valence-electron chi connectivity index (χ1n) is 9.03. The summed E-state index contributed by atoms with van der Waals surface area (Å²) in [6.07, 6.45) is 0.897. The summed E-state index contributed by atoms with van der Waals surface area (Å²) in [4.78, 5) is 16.9. The molecule has 25 heavy (non-hydrogen) atoms. The quantitative estimate of drug-likeness (QED) is 0.895. The molecule has 0 saturated carbocycles. The van der Waals surface area contributed by atoms with Crippen LogP contribution in [0.15, 0.2) is 18.2 Å². The van der Waals surface area contributed by atoms with Gasteiger partial charge in [0, 0.05) is 39.3 Å². The monoisotopic (exact) mass is 350 g/mol. The number of benzene rings is 1. The Labute approximate surface area is 148 Å². The minimum atomic E-state index is -0.471. The van der Waals surface area contributed by atoms with Crippen molar-refractivity contribution in [3.63, 3.8) is 0 Å².